The van der Waals surface area contributed by atoms with Crippen molar-refractivity contribution in [2.75, 3.05) is 0 Å². The highest BCUT2D eigenvalue weighted by Gasteiger charge is 2.24. The molecule has 0 fully saturated rings. The second-order valence-corrected chi connectivity index (χ2v) is 15.8. The standard InChI is InChI=1S/C56H35N5/c1-3-17-37(18-4-1)44-35-45(38-19-5-2-6-20-38)58-56(57-44)61-48-27-14-9-22-41(48)53-49(28-15-29-50(53)61)60-47-26-13-11-24-43(47)55-52(60)33-32-51-54(55)42-23-10-12-25-46(42)59(51)40-31-30-36-16-7-8-21-39(36)34-40/h1-35H. The highest BCUT2D eigenvalue weighted by molar-refractivity contribution is 6.29. The summed E-state index contributed by atoms with van der Waals surface area (Å²) in [4.78, 5) is 10.6. The molecule has 0 saturated heterocycles. The molecule has 4 aromatic heterocycles. The summed E-state index contributed by atoms with van der Waals surface area (Å²) in [6, 6.07) is 76.0. The van der Waals surface area contributed by atoms with Crippen molar-refractivity contribution in [1.82, 2.24) is 23.7 Å². The van der Waals surface area contributed by atoms with Crippen molar-refractivity contribution >= 4 is 76.2 Å². The minimum atomic E-state index is 0.633. The van der Waals surface area contributed by atoms with Crippen LogP contribution in [0.15, 0.2) is 212 Å². The van der Waals surface area contributed by atoms with Crippen molar-refractivity contribution in [3.05, 3.63) is 212 Å². The van der Waals surface area contributed by atoms with Gasteiger partial charge in [-0.05, 0) is 71.4 Å². The third-order valence-corrected chi connectivity index (χ3v) is 12.4. The summed E-state index contributed by atoms with van der Waals surface area (Å²) in [6.45, 7) is 0. The van der Waals surface area contributed by atoms with Crippen molar-refractivity contribution in [2.24, 2.45) is 0 Å². The highest BCUT2D eigenvalue weighted by Crippen LogP contribution is 2.45. The third-order valence-electron chi connectivity index (χ3n) is 12.4. The van der Waals surface area contributed by atoms with Crippen LogP contribution in [0, 0.1) is 0 Å². The first-order valence-corrected chi connectivity index (χ1v) is 20.8. The molecule has 61 heavy (non-hydrogen) atoms. The molecule has 13 aromatic rings. The van der Waals surface area contributed by atoms with Crippen molar-refractivity contribution < 1.29 is 0 Å². The van der Waals surface area contributed by atoms with Gasteiger partial charge >= 0.3 is 0 Å². The van der Waals surface area contributed by atoms with E-state index in [4.69, 9.17) is 9.97 Å². The minimum Gasteiger partial charge on any atom is -0.309 e. The Labute approximate surface area is 350 Å². The zero-order valence-corrected chi connectivity index (χ0v) is 32.9. The molecule has 0 atom stereocenters. The molecule has 0 radical (unpaired) electrons. The first kappa shape index (κ1) is 33.7. The van der Waals surface area contributed by atoms with E-state index in [1.54, 1.807) is 0 Å². The van der Waals surface area contributed by atoms with Crippen LogP contribution in [0.4, 0.5) is 0 Å². The number of benzene rings is 9. The van der Waals surface area contributed by atoms with Gasteiger partial charge in [0.05, 0.1) is 50.2 Å². The Balaban J connectivity index is 1.11. The monoisotopic (exact) mass is 777 g/mol. The van der Waals surface area contributed by atoms with E-state index in [0.29, 0.717) is 5.95 Å². The maximum atomic E-state index is 5.31. The molecule has 0 saturated carbocycles. The lowest BCUT2D eigenvalue weighted by Crippen LogP contribution is -2.04. The Kier molecular flexibility index (Phi) is 7.24. The fourth-order valence-electron chi connectivity index (χ4n) is 9.82. The maximum Gasteiger partial charge on any atom is 0.235 e. The second-order valence-electron chi connectivity index (χ2n) is 15.8. The molecule has 4 heterocycles. The lowest BCUT2D eigenvalue weighted by atomic mass is 10.1. The average Bonchev–Trinajstić information content (AvgIpc) is 3.98. The van der Waals surface area contributed by atoms with Crippen LogP contribution in [0.25, 0.3) is 116 Å². The maximum absolute atomic E-state index is 5.31. The van der Waals surface area contributed by atoms with E-state index in [-0.39, 0.29) is 0 Å². The van der Waals surface area contributed by atoms with Crippen molar-refractivity contribution in [3.63, 3.8) is 0 Å². The Hall–Kier alpha value is -8.28. The molecule has 9 aromatic carbocycles. The minimum absolute atomic E-state index is 0.633. The zero-order valence-electron chi connectivity index (χ0n) is 32.9. The van der Waals surface area contributed by atoms with Crippen LogP contribution in [0.2, 0.25) is 0 Å². The van der Waals surface area contributed by atoms with Gasteiger partial charge in [0.1, 0.15) is 0 Å². The van der Waals surface area contributed by atoms with Gasteiger partial charge in [-0.15, -0.1) is 0 Å². The van der Waals surface area contributed by atoms with Gasteiger partial charge in [-0.25, -0.2) is 9.97 Å². The molecule has 0 spiro atoms. The summed E-state index contributed by atoms with van der Waals surface area (Å²) >= 11 is 0. The van der Waals surface area contributed by atoms with Gasteiger partial charge in [0.2, 0.25) is 5.95 Å². The molecule has 0 aliphatic carbocycles. The summed E-state index contributed by atoms with van der Waals surface area (Å²) in [5, 5.41) is 9.71. The SMILES string of the molecule is c1ccc(-c2cc(-c3ccccc3)nc(-n3c4ccccc4c4c(-n5c6ccccc6c6c7c8ccccc8n(-c8ccc9ccccc9c8)c7ccc65)cccc43)n2)cc1. The van der Waals surface area contributed by atoms with E-state index in [1.165, 1.54) is 43.4 Å². The van der Waals surface area contributed by atoms with E-state index in [0.717, 1.165) is 66.7 Å². The van der Waals surface area contributed by atoms with Gasteiger partial charge in [0, 0.05) is 49.1 Å². The van der Waals surface area contributed by atoms with Crippen molar-refractivity contribution in [1.29, 1.82) is 0 Å². The molecule has 0 unspecified atom stereocenters. The van der Waals surface area contributed by atoms with Crippen LogP contribution < -0.4 is 0 Å². The van der Waals surface area contributed by atoms with Crippen LogP contribution in [-0.4, -0.2) is 23.7 Å². The summed E-state index contributed by atoms with van der Waals surface area (Å²) < 4.78 is 7.16. The van der Waals surface area contributed by atoms with Crippen LogP contribution >= 0.6 is 0 Å². The number of nitrogens with zero attached hydrogens (tertiary/aromatic N) is 5. The van der Waals surface area contributed by atoms with Crippen LogP contribution in [0.1, 0.15) is 0 Å². The molecule has 5 nitrogen and oxygen atoms in total. The normalized spacial score (nSPS) is 11.9. The quantitative estimate of drug-likeness (QED) is 0.175. The highest BCUT2D eigenvalue weighted by atomic mass is 15.2. The Bertz CT molecular complexity index is 3810. The average molecular weight is 778 g/mol. The topological polar surface area (TPSA) is 40.6 Å². The predicted octanol–water partition coefficient (Wildman–Crippen LogP) is 14.3. The zero-order chi connectivity index (χ0) is 40.0. The van der Waals surface area contributed by atoms with Crippen LogP contribution in [0.5, 0.6) is 0 Å². The molecule has 0 aliphatic heterocycles. The largest absolute Gasteiger partial charge is 0.309 e. The van der Waals surface area contributed by atoms with E-state index < -0.39 is 0 Å². The molecule has 0 N–H and O–H groups in total. The van der Waals surface area contributed by atoms with Gasteiger partial charge in [-0.2, -0.15) is 0 Å². The van der Waals surface area contributed by atoms with Crippen molar-refractivity contribution in [3.8, 4) is 39.8 Å². The van der Waals surface area contributed by atoms with E-state index in [1.807, 2.05) is 12.1 Å². The van der Waals surface area contributed by atoms with E-state index in [9.17, 15) is 0 Å². The third kappa shape index (κ3) is 5.01. The summed E-state index contributed by atoms with van der Waals surface area (Å²) in [7, 11) is 0. The predicted molar refractivity (Wildman–Crippen MR) is 253 cm³/mol. The van der Waals surface area contributed by atoms with E-state index >= 15 is 0 Å². The lowest BCUT2D eigenvalue weighted by molar-refractivity contribution is 0.995. The number of hydrogen-bond acceptors (Lipinski definition) is 2. The summed E-state index contributed by atoms with van der Waals surface area (Å²) in [5.41, 5.74) is 12.9. The van der Waals surface area contributed by atoms with Gasteiger partial charge in [0.25, 0.3) is 0 Å². The number of aromatic nitrogens is 5. The number of hydrogen-bond donors (Lipinski definition) is 0. The van der Waals surface area contributed by atoms with Crippen molar-refractivity contribution in [2.45, 2.75) is 0 Å². The summed E-state index contributed by atoms with van der Waals surface area (Å²) in [5.74, 6) is 0.633. The first-order chi connectivity index (χ1) is 30.3. The molecule has 0 amide bonds. The fraction of sp³-hybridized carbons (Fsp3) is 0. The Morgan fingerprint density at radius 1 is 0.295 bits per heavy atom. The molecule has 284 valence electrons. The first-order valence-electron chi connectivity index (χ1n) is 20.8. The molecule has 0 aliphatic rings. The fourth-order valence-corrected chi connectivity index (χ4v) is 9.82. The van der Waals surface area contributed by atoms with Gasteiger partial charge < -0.3 is 9.13 Å². The molecule has 0 bridgehead atoms. The van der Waals surface area contributed by atoms with Gasteiger partial charge in [0.15, 0.2) is 0 Å². The number of rotatable bonds is 5. The number of fused-ring (bicyclic) bond motifs is 11. The molecular weight excluding hydrogens is 743 g/mol. The molecule has 13 rings (SSSR count). The molecule has 5 heteroatoms. The Morgan fingerprint density at radius 2 is 0.770 bits per heavy atom. The Morgan fingerprint density at radius 3 is 1.41 bits per heavy atom. The van der Waals surface area contributed by atoms with Crippen LogP contribution in [-0.2, 0) is 0 Å². The van der Waals surface area contributed by atoms with Gasteiger partial charge in [-0.1, -0.05) is 152 Å². The summed E-state index contributed by atoms with van der Waals surface area (Å²) in [6.07, 6.45) is 0. The second kappa shape index (κ2) is 13.1. The van der Waals surface area contributed by atoms with Gasteiger partial charge in [-0.3, -0.25) is 4.57 Å². The van der Waals surface area contributed by atoms with Crippen LogP contribution in [0.3, 0.4) is 0 Å². The lowest BCUT2D eigenvalue weighted by Gasteiger charge is -2.13. The smallest absolute Gasteiger partial charge is 0.235 e. The number of para-hydroxylation sites is 3. The van der Waals surface area contributed by atoms with E-state index in [2.05, 4.69) is 214 Å². The molecular formula is C56H35N5.